The second-order valence-corrected chi connectivity index (χ2v) is 9.86. The number of rotatable bonds is 5. The molecule has 2 aromatic heterocycles. The van der Waals surface area contributed by atoms with Crippen molar-refractivity contribution in [2.45, 2.75) is 5.75 Å². The number of nitrogens with zero attached hydrogens (tertiary/aromatic N) is 3. The number of hydrogen-bond acceptors (Lipinski definition) is 6. The lowest BCUT2D eigenvalue weighted by Crippen LogP contribution is -2.02. The van der Waals surface area contributed by atoms with Gasteiger partial charge in [0.1, 0.15) is 23.1 Å². The molecule has 0 saturated heterocycles. The molecule has 0 aliphatic heterocycles. The molecule has 0 unspecified atom stereocenters. The highest BCUT2D eigenvalue weighted by Gasteiger charge is 2.13. The molecule has 0 fully saturated rings. The third-order valence-electron chi connectivity index (χ3n) is 4.48. The summed E-state index contributed by atoms with van der Waals surface area (Å²) in [7, 11) is -3.27. The Morgan fingerprint density at radius 1 is 1.00 bits per heavy atom. The van der Waals surface area contributed by atoms with E-state index in [0.717, 1.165) is 11.8 Å². The van der Waals surface area contributed by atoms with Crippen LogP contribution in [0.15, 0.2) is 55.0 Å². The third-order valence-corrected chi connectivity index (χ3v) is 5.95. The fourth-order valence-corrected chi connectivity index (χ4v) is 4.30. The van der Waals surface area contributed by atoms with Crippen molar-refractivity contribution in [2.75, 3.05) is 11.6 Å². The summed E-state index contributed by atoms with van der Waals surface area (Å²) < 4.78 is 36.8. The largest absolute Gasteiger partial charge is 0.340 e. The Kier molecular flexibility index (Phi) is 5.79. The molecule has 2 aromatic carbocycles. The summed E-state index contributed by atoms with van der Waals surface area (Å²) >= 11 is 11.9. The fourth-order valence-electron chi connectivity index (χ4n) is 3.08. The molecule has 0 radical (unpaired) electrons. The van der Waals surface area contributed by atoms with Gasteiger partial charge in [-0.05, 0) is 42.0 Å². The number of sulfone groups is 1. The number of aromatic nitrogens is 3. The minimum atomic E-state index is -3.27. The van der Waals surface area contributed by atoms with Gasteiger partial charge < -0.3 is 5.32 Å². The molecule has 4 rings (SSSR count). The average molecular weight is 477 g/mol. The first-order chi connectivity index (χ1) is 14.7. The number of nitrogens with one attached hydrogen (secondary N) is 1. The van der Waals surface area contributed by atoms with Crippen molar-refractivity contribution in [1.82, 2.24) is 15.0 Å². The van der Waals surface area contributed by atoms with Gasteiger partial charge in [0, 0.05) is 34.7 Å². The lowest BCUT2D eigenvalue weighted by atomic mass is 10.0. The maximum Gasteiger partial charge on any atom is 0.151 e. The average Bonchev–Trinajstić information content (AvgIpc) is 2.71. The molecule has 0 aliphatic rings. The summed E-state index contributed by atoms with van der Waals surface area (Å²) in [6.45, 7) is 0. The Morgan fingerprint density at radius 3 is 2.55 bits per heavy atom. The van der Waals surface area contributed by atoms with E-state index in [0.29, 0.717) is 33.5 Å². The van der Waals surface area contributed by atoms with Crippen LogP contribution >= 0.6 is 23.2 Å². The van der Waals surface area contributed by atoms with Gasteiger partial charge in [-0.3, -0.25) is 0 Å². The molecule has 31 heavy (non-hydrogen) atoms. The number of hydrogen-bond donors (Lipinski definition) is 1. The van der Waals surface area contributed by atoms with E-state index in [4.69, 9.17) is 23.2 Å². The molecule has 0 spiro atoms. The van der Waals surface area contributed by atoms with E-state index >= 15 is 0 Å². The van der Waals surface area contributed by atoms with Gasteiger partial charge in [-0.1, -0.05) is 29.3 Å². The topological polar surface area (TPSA) is 84.8 Å². The minimum Gasteiger partial charge on any atom is -0.340 e. The first kappa shape index (κ1) is 21.4. The van der Waals surface area contributed by atoms with Crippen LogP contribution in [0.1, 0.15) is 5.56 Å². The monoisotopic (exact) mass is 476 g/mol. The molecule has 0 saturated carbocycles. The smallest absolute Gasteiger partial charge is 0.151 e. The molecule has 1 N–H and O–H groups in total. The van der Waals surface area contributed by atoms with Crippen LogP contribution < -0.4 is 5.32 Å². The van der Waals surface area contributed by atoms with Gasteiger partial charge >= 0.3 is 0 Å². The Labute approximate surface area is 188 Å². The maximum absolute atomic E-state index is 13.5. The van der Waals surface area contributed by atoms with Crippen LogP contribution in [-0.2, 0) is 15.6 Å². The Balaban J connectivity index is 1.76. The number of anilines is 2. The van der Waals surface area contributed by atoms with E-state index in [1.54, 1.807) is 18.3 Å². The van der Waals surface area contributed by atoms with E-state index in [2.05, 4.69) is 20.3 Å². The van der Waals surface area contributed by atoms with Gasteiger partial charge in [-0.2, -0.15) is 0 Å². The van der Waals surface area contributed by atoms with Crippen LogP contribution in [0.5, 0.6) is 0 Å². The van der Waals surface area contributed by atoms with Crippen LogP contribution in [0.3, 0.4) is 0 Å². The van der Waals surface area contributed by atoms with Crippen molar-refractivity contribution >= 4 is 55.4 Å². The Bertz CT molecular complexity index is 1410. The molecule has 0 bridgehead atoms. The molecule has 0 amide bonds. The number of fused-ring (bicyclic) bond motifs is 1. The van der Waals surface area contributed by atoms with Gasteiger partial charge in [0.2, 0.25) is 0 Å². The van der Waals surface area contributed by atoms with E-state index in [-0.39, 0.29) is 15.9 Å². The molecular formula is C21H15Cl2FN4O2S. The van der Waals surface area contributed by atoms with Crippen molar-refractivity contribution < 1.29 is 12.8 Å². The van der Waals surface area contributed by atoms with Crippen LogP contribution in [0.4, 0.5) is 15.9 Å². The quantitative estimate of drug-likeness (QED) is 0.386. The zero-order valence-electron chi connectivity index (χ0n) is 16.1. The third kappa shape index (κ3) is 4.92. The first-order valence-electron chi connectivity index (χ1n) is 8.99. The summed E-state index contributed by atoms with van der Waals surface area (Å²) in [5.41, 5.74) is 3.16. The van der Waals surface area contributed by atoms with E-state index < -0.39 is 15.7 Å². The van der Waals surface area contributed by atoms with E-state index in [9.17, 15) is 12.8 Å². The standard InChI is InChI=1S/C21H15Cl2FN4O2S/c1-31(29,30)10-14-6-13(9-25-20(14)23)12-2-5-19-16(7-12)21(27-11-26-19)28-15-3-4-18(24)17(22)8-15/h2-9,11H,10H2,1H3,(H,26,27,28). The van der Waals surface area contributed by atoms with E-state index in [1.165, 1.54) is 18.5 Å². The zero-order valence-corrected chi connectivity index (χ0v) is 18.4. The summed E-state index contributed by atoms with van der Waals surface area (Å²) in [5.74, 6) is -0.211. The fraction of sp³-hybridized carbons (Fsp3) is 0.0952. The molecular weight excluding hydrogens is 462 g/mol. The Hall–Kier alpha value is -2.81. The highest BCUT2D eigenvalue weighted by molar-refractivity contribution is 7.89. The molecule has 4 aromatic rings. The van der Waals surface area contributed by atoms with Crippen LogP contribution in [-0.4, -0.2) is 29.6 Å². The SMILES string of the molecule is CS(=O)(=O)Cc1cc(-c2ccc3ncnc(Nc4ccc(F)c(Cl)c4)c3c2)cnc1Cl. The highest BCUT2D eigenvalue weighted by Crippen LogP contribution is 2.31. The molecule has 0 aliphatic carbocycles. The van der Waals surface area contributed by atoms with E-state index in [1.807, 2.05) is 18.2 Å². The number of pyridine rings is 1. The van der Waals surface area contributed by atoms with Crippen molar-refractivity contribution in [2.24, 2.45) is 0 Å². The van der Waals surface area contributed by atoms with Crippen LogP contribution in [0, 0.1) is 5.82 Å². The van der Waals surface area contributed by atoms with Crippen LogP contribution in [0.2, 0.25) is 10.2 Å². The molecule has 158 valence electrons. The summed E-state index contributed by atoms with van der Waals surface area (Å²) in [4.78, 5) is 12.7. The van der Waals surface area contributed by atoms with Crippen molar-refractivity contribution in [3.05, 3.63) is 76.5 Å². The zero-order chi connectivity index (χ0) is 22.2. The van der Waals surface area contributed by atoms with Crippen LogP contribution in [0.25, 0.3) is 22.0 Å². The van der Waals surface area contributed by atoms with Crippen molar-refractivity contribution in [3.63, 3.8) is 0 Å². The summed E-state index contributed by atoms with van der Waals surface area (Å²) in [6.07, 6.45) is 4.14. The predicted molar refractivity (Wildman–Crippen MR) is 121 cm³/mol. The molecule has 0 atom stereocenters. The summed E-state index contributed by atoms with van der Waals surface area (Å²) in [5, 5.41) is 3.98. The number of benzene rings is 2. The predicted octanol–water partition coefficient (Wildman–Crippen LogP) is 5.43. The molecule has 6 nitrogen and oxygen atoms in total. The Morgan fingerprint density at radius 2 is 1.81 bits per heavy atom. The van der Waals surface area contributed by atoms with Crippen molar-refractivity contribution in [1.29, 1.82) is 0 Å². The minimum absolute atomic E-state index is 0.00491. The van der Waals surface area contributed by atoms with Crippen molar-refractivity contribution in [3.8, 4) is 11.1 Å². The highest BCUT2D eigenvalue weighted by atomic mass is 35.5. The van der Waals surface area contributed by atoms with Gasteiger partial charge in [-0.25, -0.2) is 27.8 Å². The molecule has 10 heteroatoms. The summed E-state index contributed by atoms with van der Waals surface area (Å²) in [6, 6.07) is 11.5. The number of halogens is 3. The second-order valence-electron chi connectivity index (χ2n) is 6.95. The maximum atomic E-state index is 13.5. The normalized spacial score (nSPS) is 11.6. The second kappa shape index (κ2) is 8.37. The van der Waals surface area contributed by atoms with Gasteiger partial charge in [0.15, 0.2) is 9.84 Å². The van der Waals surface area contributed by atoms with Gasteiger partial charge in [0.05, 0.1) is 16.3 Å². The van der Waals surface area contributed by atoms with Gasteiger partial charge in [0.25, 0.3) is 0 Å². The first-order valence-corrected chi connectivity index (χ1v) is 11.8. The lowest BCUT2D eigenvalue weighted by molar-refractivity contribution is 0.601. The van der Waals surface area contributed by atoms with Gasteiger partial charge in [-0.15, -0.1) is 0 Å². The lowest BCUT2D eigenvalue weighted by Gasteiger charge is -2.11. The molecule has 2 heterocycles.